The number of hydrogen-bond acceptors (Lipinski definition) is 6. The lowest BCUT2D eigenvalue weighted by Crippen LogP contribution is -1.89. The van der Waals surface area contributed by atoms with E-state index in [1.807, 2.05) is 6.92 Å². The Balaban J connectivity index is 0.000000254. The lowest BCUT2D eigenvalue weighted by Gasteiger charge is -2.02. The molecule has 0 amide bonds. The van der Waals surface area contributed by atoms with E-state index in [4.69, 9.17) is 0 Å². The number of carbonyl (C=O) groups is 1. The van der Waals surface area contributed by atoms with E-state index in [1.165, 1.54) is 29.2 Å². The molecule has 0 aliphatic rings. The summed E-state index contributed by atoms with van der Waals surface area (Å²) in [6, 6.07) is 8.72. The first-order valence-electron chi connectivity index (χ1n) is 7.61. The number of anilines is 1. The minimum atomic E-state index is -0.413. The standard InChI is InChI=1S/C12H12F2N2S2.C6H5NO/c1-7-11(18-12(15-2)16-7)17-6-8-5-9(13)3-4-10(8)14;8-5-6-3-1-2-4-7-6/h3-5H,6H2,1-2H3,(H,15,16);1-5H. The van der Waals surface area contributed by atoms with E-state index in [9.17, 15) is 13.6 Å². The zero-order valence-electron chi connectivity index (χ0n) is 14.2. The summed E-state index contributed by atoms with van der Waals surface area (Å²) < 4.78 is 27.5. The molecule has 4 nitrogen and oxygen atoms in total. The zero-order chi connectivity index (χ0) is 18.9. The Labute approximate surface area is 158 Å². The van der Waals surface area contributed by atoms with Gasteiger partial charge in [-0.15, -0.1) is 11.8 Å². The molecule has 1 aromatic carbocycles. The van der Waals surface area contributed by atoms with Crippen LogP contribution in [0.4, 0.5) is 13.9 Å². The monoisotopic (exact) mass is 393 g/mol. The van der Waals surface area contributed by atoms with Gasteiger partial charge in [0.05, 0.1) is 9.90 Å². The highest BCUT2D eigenvalue weighted by Gasteiger charge is 2.10. The molecule has 0 bridgehead atoms. The van der Waals surface area contributed by atoms with Crippen molar-refractivity contribution in [2.45, 2.75) is 16.9 Å². The second-order valence-corrected chi connectivity index (χ2v) is 7.28. The van der Waals surface area contributed by atoms with Gasteiger partial charge >= 0.3 is 0 Å². The zero-order valence-corrected chi connectivity index (χ0v) is 15.8. The van der Waals surface area contributed by atoms with E-state index in [2.05, 4.69) is 15.3 Å². The van der Waals surface area contributed by atoms with Crippen molar-refractivity contribution in [3.05, 3.63) is 71.2 Å². The second kappa shape index (κ2) is 9.98. The van der Waals surface area contributed by atoms with Gasteiger partial charge in [0.1, 0.15) is 17.3 Å². The first-order chi connectivity index (χ1) is 12.5. The van der Waals surface area contributed by atoms with Gasteiger partial charge in [0, 0.05) is 24.6 Å². The molecule has 8 heteroatoms. The molecule has 0 saturated carbocycles. The highest BCUT2D eigenvalue weighted by atomic mass is 32.2. The van der Waals surface area contributed by atoms with Gasteiger partial charge in [-0.25, -0.2) is 13.8 Å². The lowest BCUT2D eigenvalue weighted by atomic mass is 10.2. The van der Waals surface area contributed by atoms with Crippen molar-refractivity contribution < 1.29 is 13.6 Å². The highest BCUT2D eigenvalue weighted by Crippen LogP contribution is 2.34. The number of carbonyl (C=O) groups excluding carboxylic acids is 1. The van der Waals surface area contributed by atoms with Crippen molar-refractivity contribution in [2.75, 3.05) is 12.4 Å². The normalized spacial score (nSPS) is 10.0. The number of aromatic nitrogens is 2. The van der Waals surface area contributed by atoms with Crippen LogP contribution in [0.15, 0.2) is 46.8 Å². The van der Waals surface area contributed by atoms with E-state index >= 15 is 0 Å². The highest BCUT2D eigenvalue weighted by molar-refractivity contribution is 8.00. The summed E-state index contributed by atoms with van der Waals surface area (Å²) in [5, 5.41) is 3.80. The van der Waals surface area contributed by atoms with Crippen molar-refractivity contribution in [3.8, 4) is 0 Å². The Morgan fingerprint density at radius 2 is 2.08 bits per heavy atom. The molecule has 136 valence electrons. The molecule has 1 N–H and O–H groups in total. The summed E-state index contributed by atoms with van der Waals surface area (Å²) in [6.45, 7) is 1.90. The topological polar surface area (TPSA) is 54.9 Å². The minimum Gasteiger partial charge on any atom is -0.365 e. The number of hydrogen-bond donors (Lipinski definition) is 1. The minimum absolute atomic E-state index is 0.374. The van der Waals surface area contributed by atoms with E-state index in [-0.39, 0.29) is 5.82 Å². The first kappa shape index (κ1) is 20.0. The number of benzene rings is 1. The summed E-state index contributed by atoms with van der Waals surface area (Å²) in [4.78, 5) is 18.0. The summed E-state index contributed by atoms with van der Waals surface area (Å²) in [5.41, 5.74) is 1.76. The molecule has 0 fully saturated rings. The molecule has 0 saturated heterocycles. The summed E-state index contributed by atoms with van der Waals surface area (Å²) in [6.07, 6.45) is 2.31. The number of nitrogens with one attached hydrogen (secondary N) is 1. The van der Waals surface area contributed by atoms with Gasteiger partial charge in [-0.05, 0) is 37.3 Å². The van der Waals surface area contributed by atoms with Crippen LogP contribution in [0.1, 0.15) is 21.7 Å². The molecule has 26 heavy (non-hydrogen) atoms. The van der Waals surface area contributed by atoms with Crippen LogP contribution in [0.25, 0.3) is 0 Å². The molecule has 3 rings (SSSR count). The van der Waals surface area contributed by atoms with Crippen molar-refractivity contribution in [1.82, 2.24) is 9.97 Å². The third-order valence-electron chi connectivity index (χ3n) is 3.14. The van der Waals surface area contributed by atoms with Crippen LogP contribution in [-0.4, -0.2) is 23.3 Å². The summed E-state index contributed by atoms with van der Waals surface area (Å²) in [7, 11) is 1.80. The van der Waals surface area contributed by atoms with Gasteiger partial charge in [-0.1, -0.05) is 17.4 Å². The Hall–Kier alpha value is -2.32. The van der Waals surface area contributed by atoms with Crippen LogP contribution >= 0.6 is 23.1 Å². The Morgan fingerprint density at radius 1 is 1.27 bits per heavy atom. The molecule has 2 aromatic heterocycles. The lowest BCUT2D eigenvalue weighted by molar-refractivity contribution is 0.111. The average Bonchev–Trinajstić information content (AvgIpc) is 3.03. The largest absolute Gasteiger partial charge is 0.365 e. The van der Waals surface area contributed by atoms with E-state index in [0.29, 0.717) is 17.0 Å². The van der Waals surface area contributed by atoms with Gasteiger partial charge in [0.25, 0.3) is 0 Å². The fourth-order valence-electron chi connectivity index (χ4n) is 1.87. The average molecular weight is 393 g/mol. The molecule has 3 aromatic rings. The SMILES string of the molecule is CNc1nc(C)c(SCc2cc(F)ccc2F)s1.O=Cc1ccccn1. The fourth-order valence-corrected chi connectivity index (χ4v) is 3.93. The second-order valence-electron chi connectivity index (χ2n) is 5.04. The first-order valence-corrected chi connectivity index (χ1v) is 9.41. The molecule has 0 spiro atoms. The number of halogens is 2. The maximum absolute atomic E-state index is 13.4. The Bertz CT molecular complexity index is 857. The van der Waals surface area contributed by atoms with Crippen LogP contribution in [0.2, 0.25) is 0 Å². The van der Waals surface area contributed by atoms with Crippen LogP contribution in [-0.2, 0) is 5.75 Å². The molecule has 0 aliphatic carbocycles. The molecule has 0 radical (unpaired) electrons. The number of rotatable bonds is 5. The maximum Gasteiger partial charge on any atom is 0.183 e. The van der Waals surface area contributed by atoms with Gasteiger partial charge in [-0.3, -0.25) is 9.78 Å². The maximum atomic E-state index is 13.4. The third kappa shape index (κ3) is 5.89. The van der Waals surface area contributed by atoms with E-state index in [1.54, 1.807) is 31.4 Å². The van der Waals surface area contributed by atoms with Crippen molar-refractivity contribution in [3.63, 3.8) is 0 Å². The number of thioether (sulfide) groups is 1. The van der Waals surface area contributed by atoms with E-state index in [0.717, 1.165) is 33.5 Å². The number of pyridine rings is 1. The smallest absolute Gasteiger partial charge is 0.183 e. The van der Waals surface area contributed by atoms with Crippen molar-refractivity contribution >= 4 is 34.5 Å². The molecule has 0 atom stereocenters. The van der Waals surface area contributed by atoms with Gasteiger partial charge in [0.15, 0.2) is 11.4 Å². The molecular weight excluding hydrogens is 376 g/mol. The predicted octanol–water partition coefficient (Wildman–Crippen LogP) is 4.96. The van der Waals surface area contributed by atoms with Crippen LogP contribution < -0.4 is 5.32 Å². The Kier molecular flexibility index (Phi) is 7.68. The predicted molar refractivity (Wildman–Crippen MR) is 102 cm³/mol. The summed E-state index contributed by atoms with van der Waals surface area (Å²) >= 11 is 2.98. The number of aldehydes is 1. The fraction of sp³-hybridized carbons (Fsp3) is 0.167. The molecule has 0 unspecified atom stereocenters. The molecule has 2 heterocycles. The van der Waals surface area contributed by atoms with Crippen LogP contribution in [0.5, 0.6) is 0 Å². The number of thiazole rings is 1. The van der Waals surface area contributed by atoms with Gasteiger partial charge in [-0.2, -0.15) is 0 Å². The molecule has 0 aliphatic heterocycles. The van der Waals surface area contributed by atoms with E-state index < -0.39 is 5.82 Å². The van der Waals surface area contributed by atoms with Crippen LogP contribution in [0, 0.1) is 18.6 Å². The number of nitrogens with zero attached hydrogens (tertiary/aromatic N) is 2. The molecular formula is C18H17F2N3OS2. The summed E-state index contributed by atoms with van der Waals surface area (Å²) in [5.74, 6) is -0.390. The van der Waals surface area contributed by atoms with Gasteiger partial charge < -0.3 is 5.32 Å². The number of aryl methyl sites for hydroxylation is 1. The quantitative estimate of drug-likeness (QED) is 0.491. The van der Waals surface area contributed by atoms with Crippen molar-refractivity contribution in [1.29, 1.82) is 0 Å². The third-order valence-corrected chi connectivity index (χ3v) is 5.73. The van der Waals surface area contributed by atoms with Crippen LogP contribution in [0.3, 0.4) is 0 Å². The van der Waals surface area contributed by atoms with Crippen molar-refractivity contribution in [2.24, 2.45) is 0 Å². The Morgan fingerprint density at radius 3 is 2.65 bits per heavy atom. The van der Waals surface area contributed by atoms with Gasteiger partial charge in [0.2, 0.25) is 0 Å².